The molecule has 6 heteroatoms. The third kappa shape index (κ3) is 3.42. The molecular formula is C17H13FN2O3. The largest absolute Gasteiger partial charge is 0.426 e. The minimum Gasteiger partial charge on any atom is -0.426 e. The van der Waals surface area contributed by atoms with Crippen LogP contribution < -0.4 is 10.3 Å². The van der Waals surface area contributed by atoms with Gasteiger partial charge in [-0.05, 0) is 24.3 Å². The second-order valence-electron chi connectivity index (χ2n) is 4.94. The molecule has 0 N–H and O–H groups in total. The molecule has 1 aromatic heterocycles. The van der Waals surface area contributed by atoms with E-state index in [1.807, 2.05) is 0 Å². The van der Waals surface area contributed by atoms with E-state index >= 15 is 0 Å². The molecule has 0 unspecified atom stereocenters. The lowest BCUT2D eigenvalue weighted by molar-refractivity contribution is -0.134. The first kappa shape index (κ1) is 14.9. The normalized spacial score (nSPS) is 10.7. The number of carbonyl (C=O) groups is 1. The number of ether oxygens (including phenoxy) is 1. The Kier molecular flexibility index (Phi) is 4.14. The molecule has 0 bridgehead atoms. The monoisotopic (exact) mass is 312 g/mol. The van der Waals surface area contributed by atoms with E-state index in [-0.39, 0.29) is 24.3 Å². The van der Waals surface area contributed by atoms with Crippen molar-refractivity contribution in [2.24, 2.45) is 0 Å². The summed E-state index contributed by atoms with van der Waals surface area (Å²) >= 11 is 0. The highest BCUT2D eigenvalue weighted by molar-refractivity contribution is 5.77. The Morgan fingerprint density at radius 2 is 2.00 bits per heavy atom. The van der Waals surface area contributed by atoms with Crippen LogP contribution in [0.2, 0.25) is 0 Å². The number of esters is 1. The number of halogens is 1. The van der Waals surface area contributed by atoms with Gasteiger partial charge in [-0.2, -0.15) is 0 Å². The predicted molar refractivity (Wildman–Crippen MR) is 82.7 cm³/mol. The fourth-order valence-corrected chi connectivity index (χ4v) is 2.19. The van der Waals surface area contributed by atoms with Gasteiger partial charge < -0.3 is 4.74 Å². The summed E-state index contributed by atoms with van der Waals surface area (Å²) in [4.78, 5) is 28.2. The van der Waals surface area contributed by atoms with Crippen molar-refractivity contribution in [2.45, 2.75) is 13.0 Å². The summed E-state index contributed by atoms with van der Waals surface area (Å²) in [5.74, 6) is -0.889. The molecule has 116 valence electrons. The Balaban J connectivity index is 1.70. The van der Waals surface area contributed by atoms with Crippen LogP contribution in [0, 0.1) is 5.82 Å². The van der Waals surface area contributed by atoms with E-state index < -0.39 is 11.8 Å². The summed E-state index contributed by atoms with van der Waals surface area (Å²) in [7, 11) is 0. The zero-order valence-corrected chi connectivity index (χ0v) is 12.1. The number of aryl methyl sites for hydroxylation is 1. The predicted octanol–water partition coefficient (Wildman–Crippen LogP) is 2.53. The second-order valence-corrected chi connectivity index (χ2v) is 4.94. The standard InChI is InChI=1S/C17H13FN2O3/c18-12-4-3-5-13(10-12)23-16(21)8-9-20-11-19-15-7-2-1-6-14(15)17(20)22/h1-7,10-11H,8-9H2. The molecule has 1 heterocycles. The van der Waals surface area contributed by atoms with Gasteiger partial charge in [0.25, 0.3) is 5.56 Å². The summed E-state index contributed by atoms with van der Waals surface area (Å²) in [5, 5.41) is 0.494. The molecule has 0 aliphatic heterocycles. The van der Waals surface area contributed by atoms with Gasteiger partial charge in [-0.15, -0.1) is 0 Å². The van der Waals surface area contributed by atoms with Crippen LogP contribution in [-0.4, -0.2) is 15.5 Å². The van der Waals surface area contributed by atoms with Crippen molar-refractivity contribution < 1.29 is 13.9 Å². The molecular weight excluding hydrogens is 299 g/mol. The molecule has 0 atom stereocenters. The van der Waals surface area contributed by atoms with E-state index in [0.29, 0.717) is 10.9 Å². The number of aromatic nitrogens is 2. The highest BCUT2D eigenvalue weighted by atomic mass is 19.1. The van der Waals surface area contributed by atoms with Crippen molar-refractivity contribution in [1.82, 2.24) is 9.55 Å². The Bertz CT molecular complexity index is 921. The zero-order valence-electron chi connectivity index (χ0n) is 12.1. The average Bonchev–Trinajstić information content (AvgIpc) is 2.54. The molecule has 23 heavy (non-hydrogen) atoms. The molecule has 0 saturated heterocycles. The molecule has 0 saturated carbocycles. The fraction of sp³-hybridized carbons (Fsp3) is 0.118. The molecule has 0 radical (unpaired) electrons. The molecule has 2 aromatic carbocycles. The zero-order chi connectivity index (χ0) is 16.2. The number of carbonyl (C=O) groups excluding carboxylic acids is 1. The summed E-state index contributed by atoms with van der Waals surface area (Å²) in [6.07, 6.45) is 1.39. The van der Waals surface area contributed by atoms with Gasteiger partial charge in [0.15, 0.2) is 0 Å². The first-order valence-corrected chi connectivity index (χ1v) is 7.04. The van der Waals surface area contributed by atoms with Crippen LogP contribution >= 0.6 is 0 Å². The Hall–Kier alpha value is -3.02. The van der Waals surface area contributed by atoms with Crippen molar-refractivity contribution in [1.29, 1.82) is 0 Å². The van der Waals surface area contributed by atoms with Gasteiger partial charge in [0, 0.05) is 12.6 Å². The van der Waals surface area contributed by atoms with Crippen LogP contribution in [0.15, 0.2) is 59.7 Å². The molecule has 0 fully saturated rings. The van der Waals surface area contributed by atoms with Crippen molar-refractivity contribution >= 4 is 16.9 Å². The Morgan fingerprint density at radius 1 is 1.17 bits per heavy atom. The smallest absolute Gasteiger partial charge is 0.312 e. The SMILES string of the molecule is O=C(CCn1cnc2ccccc2c1=O)Oc1cccc(F)c1. The summed E-state index contributed by atoms with van der Waals surface area (Å²) in [5.41, 5.74) is 0.394. The number of hydrogen-bond acceptors (Lipinski definition) is 4. The summed E-state index contributed by atoms with van der Waals surface area (Å²) < 4.78 is 19.4. The van der Waals surface area contributed by atoms with Crippen LogP contribution in [-0.2, 0) is 11.3 Å². The fourth-order valence-electron chi connectivity index (χ4n) is 2.19. The highest BCUT2D eigenvalue weighted by Crippen LogP contribution is 2.12. The van der Waals surface area contributed by atoms with Crippen molar-refractivity contribution in [3.8, 4) is 5.75 Å². The van der Waals surface area contributed by atoms with Gasteiger partial charge in [-0.3, -0.25) is 14.2 Å². The highest BCUT2D eigenvalue weighted by Gasteiger charge is 2.08. The minimum atomic E-state index is -0.546. The van der Waals surface area contributed by atoms with Crippen LogP contribution in [0.25, 0.3) is 10.9 Å². The Morgan fingerprint density at radius 3 is 2.83 bits per heavy atom. The number of fused-ring (bicyclic) bond motifs is 1. The maximum Gasteiger partial charge on any atom is 0.312 e. The first-order valence-electron chi connectivity index (χ1n) is 7.04. The van der Waals surface area contributed by atoms with Crippen LogP contribution in [0.4, 0.5) is 4.39 Å². The van der Waals surface area contributed by atoms with Crippen molar-refractivity contribution in [3.63, 3.8) is 0 Å². The van der Waals surface area contributed by atoms with Crippen molar-refractivity contribution in [3.05, 3.63) is 71.0 Å². The summed E-state index contributed by atoms with van der Waals surface area (Å²) in [6, 6.07) is 12.3. The van der Waals surface area contributed by atoms with Crippen molar-refractivity contribution in [2.75, 3.05) is 0 Å². The number of rotatable bonds is 4. The lowest BCUT2D eigenvalue weighted by Crippen LogP contribution is -2.23. The number of benzene rings is 2. The third-order valence-corrected chi connectivity index (χ3v) is 3.32. The maximum absolute atomic E-state index is 13.0. The summed E-state index contributed by atoms with van der Waals surface area (Å²) in [6.45, 7) is 0.144. The average molecular weight is 312 g/mol. The quantitative estimate of drug-likeness (QED) is 0.548. The number of para-hydroxylation sites is 1. The molecule has 3 aromatic rings. The molecule has 0 aliphatic carbocycles. The van der Waals surface area contributed by atoms with E-state index in [9.17, 15) is 14.0 Å². The third-order valence-electron chi connectivity index (χ3n) is 3.32. The van der Waals surface area contributed by atoms with E-state index in [2.05, 4.69) is 4.98 Å². The maximum atomic E-state index is 13.0. The van der Waals surface area contributed by atoms with Crippen LogP contribution in [0.3, 0.4) is 0 Å². The topological polar surface area (TPSA) is 61.2 Å². The van der Waals surface area contributed by atoms with Crippen LogP contribution in [0.5, 0.6) is 5.75 Å². The molecule has 0 aliphatic rings. The van der Waals surface area contributed by atoms with E-state index in [4.69, 9.17) is 4.74 Å². The van der Waals surface area contributed by atoms with Crippen LogP contribution in [0.1, 0.15) is 6.42 Å². The molecule has 0 amide bonds. The minimum absolute atomic E-state index is 0.0174. The van der Waals surface area contributed by atoms with Gasteiger partial charge in [-0.1, -0.05) is 18.2 Å². The Labute approximate surface area is 131 Å². The van der Waals surface area contributed by atoms with Gasteiger partial charge in [-0.25, -0.2) is 9.37 Å². The number of nitrogens with zero attached hydrogens (tertiary/aromatic N) is 2. The van der Waals surface area contributed by atoms with E-state index in [1.165, 1.54) is 29.1 Å². The molecule has 3 rings (SSSR count). The van der Waals surface area contributed by atoms with Gasteiger partial charge in [0.1, 0.15) is 11.6 Å². The van der Waals surface area contributed by atoms with Gasteiger partial charge in [0.2, 0.25) is 0 Å². The lowest BCUT2D eigenvalue weighted by atomic mass is 10.2. The first-order chi connectivity index (χ1) is 11.1. The second kappa shape index (κ2) is 6.39. The molecule has 0 spiro atoms. The molecule has 5 nitrogen and oxygen atoms in total. The van der Waals surface area contributed by atoms with E-state index in [1.54, 1.807) is 24.3 Å². The van der Waals surface area contributed by atoms with Gasteiger partial charge in [0.05, 0.1) is 23.7 Å². The van der Waals surface area contributed by atoms with E-state index in [0.717, 1.165) is 6.07 Å². The van der Waals surface area contributed by atoms with Gasteiger partial charge >= 0.3 is 5.97 Å². The lowest BCUT2D eigenvalue weighted by Gasteiger charge is -2.07. The number of hydrogen-bond donors (Lipinski definition) is 0.